The largest absolute Gasteiger partial charge is 0.342 e. The highest BCUT2D eigenvalue weighted by molar-refractivity contribution is 5.85. The monoisotopic (exact) mass is 302 g/mol. The van der Waals surface area contributed by atoms with Crippen LogP contribution in [0.25, 0.3) is 0 Å². The lowest BCUT2D eigenvalue weighted by Crippen LogP contribution is -2.36. The molecule has 1 aliphatic heterocycles. The van der Waals surface area contributed by atoms with Crippen LogP contribution in [0.1, 0.15) is 58.3 Å². The third kappa shape index (κ3) is 4.63. The summed E-state index contributed by atoms with van der Waals surface area (Å²) < 4.78 is 0. The molecule has 118 valence electrons. The Labute approximate surface area is 130 Å². The maximum absolute atomic E-state index is 12.6. The minimum atomic E-state index is 0. The van der Waals surface area contributed by atoms with Crippen molar-refractivity contribution in [2.24, 2.45) is 23.5 Å². The molecule has 0 spiro atoms. The van der Waals surface area contributed by atoms with Gasteiger partial charge >= 0.3 is 0 Å². The Hall–Kier alpha value is -0.280. The van der Waals surface area contributed by atoms with E-state index in [0.717, 1.165) is 44.8 Å². The molecule has 2 N–H and O–H groups in total. The molecule has 1 heterocycles. The SMILES string of the molecule is CCC(CC1CCCCC1)C(=O)N1CCC(CN)C1.Cl. The summed E-state index contributed by atoms with van der Waals surface area (Å²) in [5, 5.41) is 0. The van der Waals surface area contributed by atoms with Gasteiger partial charge in [-0.1, -0.05) is 39.0 Å². The zero-order valence-corrected chi connectivity index (χ0v) is 13.7. The normalized spacial score (nSPS) is 25.3. The van der Waals surface area contributed by atoms with E-state index in [4.69, 9.17) is 5.73 Å². The molecule has 2 rings (SSSR count). The minimum absolute atomic E-state index is 0. The Morgan fingerprint density at radius 2 is 1.90 bits per heavy atom. The highest BCUT2D eigenvalue weighted by atomic mass is 35.5. The van der Waals surface area contributed by atoms with E-state index in [1.807, 2.05) is 0 Å². The van der Waals surface area contributed by atoms with Gasteiger partial charge in [-0.25, -0.2) is 0 Å². The van der Waals surface area contributed by atoms with E-state index in [1.165, 1.54) is 32.1 Å². The summed E-state index contributed by atoms with van der Waals surface area (Å²) in [5.74, 6) is 2.01. The predicted molar refractivity (Wildman–Crippen MR) is 86.0 cm³/mol. The molecule has 0 radical (unpaired) electrons. The first-order chi connectivity index (χ1) is 9.24. The Kier molecular flexibility index (Phi) is 7.90. The van der Waals surface area contributed by atoms with Gasteiger partial charge in [-0.05, 0) is 37.6 Å². The van der Waals surface area contributed by atoms with Crippen molar-refractivity contribution >= 4 is 18.3 Å². The zero-order chi connectivity index (χ0) is 13.7. The van der Waals surface area contributed by atoms with Crippen LogP contribution in [-0.4, -0.2) is 30.4 Å². The van der Waals surface area contributed by atoms with Crippen molar-refractivity contribution in [3.63, 3.8) is 0 Å². The van der Waals surface area contributed by atoms with Crippen LogP contribution in [0.2, 0.25) is 0 Å². The first kappa shape index (κ1) is 17.8. The third-order valence-electron chi connectivity index (χ3n) is 5.12. The Morgan fingerprint density at radius 3 is 2.45 bits per heavy atom. The summed E-state index contributed by atoms with van der Waals surface area (Å²) in [6.45, 7) is 4.73. The number of carbonyl (C=O) groups excluding carboxylic acids is 1. The van der Waals surface area contributed by atoms with E-state index in [-0.39, 0.29) is 18.3 Å². The molecule has 1 aliphatic carbocycles. The number of nitrogens with two attached hydrogens (primary N) is 1. The van der Waals surface area contributed by atoms with Gasteiger partial charge in [-0.2, -0.15) is 0 Å². The maximum Gasteiger partial charge on any atom is 0.225 e. The van der Waals surface area contributed by atoms with Crippen molar-refractivity contribution < 1.29 is 4.79 Å². The molecule has 0 bridgehead atoms. The van der Waals surface area contributed by atoms with E-state index >= 15 is 0 Å². The Morgan fingerprint density at radius 1 is 1.20 bits per heavy atom. The first-order valence-corrected chi connectivity index (χ1v) is 8.23. The van der Waals surface area contributed by atoms with Gasteiger partial charge in [0.25, 0.3) is 0 Å². The number of carbonyl (C=O) groups is 1. The smallest absolute Gasteiger partial charge is 0.225 e. The van der Waals surface area contributed by atoms with E-state index in [1.54, 1.807) is 0 Å². The summed E-state index contributed by atoms with van der Waals surface area (Å²) in [7, 11) is 0. The van der Waals surface area contributed by atoms with Gasteiger partial charge in [0.05, 0.1) is 0 Å². The number of hydrogen-bond donors (Lipinski definition) is 1. The molecule has 2 fully saturated rings. The van der Waals surface area contributed by atoms with Gasteiger partial charge in [0.1, 0.15) is 0 Å². The number of halogens is 1. The molecule has 1 saturated heterocycles. The van der Waals surface area contributed by atoms with Crippen LogP contribution in [0, 0.1) is 17.8 Å². The van der Waals surface area contributed by atoms with Crippen molar-refractivity contribution in [3.05, 3.63) is 0 Å². The van der Waals surface area contributed by atoms with Gasteiger partial charge in [-0.15, -0.1) is 12.4 Å². The van der Waals surface area contributed by atoms with Gasteiger partial charge < -0.3 is 10.6 Å². The van der Waals surface area contributed by atoms with Gasteiger partial charge in [0.15, 0.2) is 0 Å². The second-order valence-corrected chi connectivity index (χ2v) is 6.52. The van der Waals surface area contributed by atoms with Crippen molar-refractivity contribution in [3.8, 4) is 0 Å². The number of nitrogens with zero attached hydrogens (tertiary/aromatic N) is 1. The quantitative estimate of drug-likeness (QED) is 0.847. The lowest BCUT2D eigenvalue weighted by molar-refractivity contribution is -0.135. The van der Waals surface area contributed by atoms with Crippen molar-refractivity contribution in [2.75, 3.05) is 19.6 Å². The lowest BCUT2D eigenvalue weighted by Gasteiger charge is -2.28. The summed E-state index contributed by atoms with van der Waals surface area (Å²) in [6, 6.07) is 0. The van der Waals surface area contributed by atoms with Crippen molar-refractivity contribution in [1.82, 2.24) is 4.90 Å². The second kappa shape index (κ2) is 8.89. The summed E-state index contributed by atoms with van der Waals surface area (Å²) >= 11 is 0. The number of amides is 1. The molecule has 0 aromatic carbocycles. The molecule has 3 nitrogen and oxygen atoms in total. The lowest BCUT2D eigenvalue weighted by atomic mass is 9.81. The van der Waals surface area contributed by atoms with E-state index in [9.17, 15) is 4.79 Å². The molecule has 0 aromatic rings. The molecule has 1 saturated carbocycles. The summed E-state index contributed by atoms with van der Waals surface area (Å²) in [5.41, 5.74) is 5.72. The Balaban J connectivity index is 0.00000200. The van der Waals surface area contributed by atoms with Gasteiger partial charge in [-0.3, -0.25) is 4.79 Å². The minimum Gasteiger partial charge on any atom is -0.342 e. The fourth-order valence-electron chi connectivity index (χ4n) is 3.75. The summed E-state index contributed by atoms with van der Waals surface area (Å²) in [6.07, 6.45) is 10.0. The van der Waals surface area contributed by atoms with Crippen molar-refractivity contribution in [1.29, 1.82) is 0 Å². The first-order valence-electron chi connectivity index (χ1n) is 8.23. The fourth-order valence-corrected chi connectivity index (χ4v) is 3.75. The van der Waals surface area contributed by atoms with E-state index in [2.05, 4.69) is 11.8 Å². The highest BCUT2D eigenvalue weighted by Crippen LogP contribution is 2.31. The molecule has 1 amide bonds. The number of rotatable bonds is 5. The fraction of sp³-hybridized carbons (Fsp3) is 0.938. The van der Waals surface area contributed by atoms with Crippen molar-refractivity contribution in [2.45, 2.75) is 58.3 Å². The summed E-state index contributed by atoms with van der Waals surface area (Å²) in [4.78, 5) is 14.7. The molecule has 4 heteroatoms. The van der Waals surface area contributed by atoms with Gasteiger partial charge in [0.2, 0.25) is 5.91 Å². The van der Waals surface area contributed by atoms with E-state index in [0.29, 0.717) is 11.8 Å². The van der Waals surface area contributed by atoms with Gasteiger partial charge in [0, 0.05) is 19.0 Å². The molecule has 20 heavy (non-hydrogen) atoms. The molecule has 2 unspecified atom stereocenters. The van der Waals surface area contributed by atoms with Crippen LogP contribution in [0.4, 0.5) is 0 Å². The average Bonchev–Trinajstić information content (AvgIpc) is 2.94. The standard InChI is InChI=1S/C16H30N2O.ClH/c1-2-15(10-13-6-4-3-5-7-13)16(19)18-9-8-14(11-17)12-18;/h13-15H,2-12,17H2,1H3;1H. The second-order valence-electron chi connectivity index (χ2n) is 6.52. The third-order valence-corrected chi connectivity index (χ3v) is 5.12. The predicted octanol–water partition coefficient (Wildman–Crippen LogP) is 3.21. The average molecular weight is 303 g/mol. The Bertz CT molecular complexity index is 292. The zero-order valence-electron chi connectivity index (χ0n) is 12.9. The number of hydrogen-bond acceptors (Lipinski definition) is 2. The maximum atomic E-state index is 12.6. The van der Waals surface area contributed by atoms with Crippen LogP contribution in [0.3, 0.4) is 0 Å². The van der Waals surface area contributed by atoms with Crippen LogP contribution in [-0.2, 0) is 4.79 Å². The van der Waals surface area contributed by atoms with Crippen LogP contribution < -0.4 is 5.73 Å². The molecule has 2 atom stereocenters. The molecular formula is C16H31ClN2O. The topological polar surface area (TPSA) is 46.3 Å². The highest BCUT2D eigenvalue weighted by Gasteiger charge is 2.31. The molecule has 0 aromatic heterocycles. The molecule has 2 aliphatic rings. The van der Waals surface area contributed by atoms with Crippen LogP contribution in [0.15, 0.2) is 0 Å². The molecular weight excluding hydrogens is 272 g/mol. The van der Waals surface area contributed by atoms with Crippen LogP contribution >= 0.6 is 12.4 Å². The number of likely N-dealkylation sites (tertiary alicyclic amines) is 1. The van der Waals surface area contributed by atoms with Crippen LogP contribution in [0.5, 0.6) is 0 Å². The van der Waals surface area contributed by atoms with E-state index < -0.39 is 0 Å².